The summed E-state index contributed by atoms with van der Waals surface area (Å²) in [4.78, 5) is 12.4. The number of aliphatic hydroxyl groups is 1. The molecule has 1 heterocycles. The number of aliphatic hydroxyl groups excluding tert-OH is 1. The molecule has 1 spiro atoms. The average molecular weight is 367 g/mol. The van der Waals surface area contributed by atoms with Crippen LogP contribution in [-0.2, 0) is 35.3 Å². The molecule has 1 saturated heterocycles. The molecule has 1 aliphatic heterocycles. The fourth-order valence-electron chi connectivity index (χ4n) is 2.94. The molecular weight excluding hydrogens is 355 g/mol. The van der Waals surface area contributed by atoms with Crippen LogP contribution >= 0.6 is 0 Å². The van der Waals surface area contributed by atoms with E-state index in [0.717, 1.165) is 12.1 Å². The molecule has 11 heteroatoms. The monoisotopic (exact) mass is 367 g/mol. The summed E-state index contributed by atoms with van der Waals surface area (Å²) in [6, 6.07) is 3.24. The van der Waals surface area contributed by atoms with Crippen molar-refractivity contribution in [3.63, 3.8) is 0 Å². The van der Waals surface area contributed by atoms with Crippen LogP contribution in [-0.4, -0.2) is 31.2 Å². The summed E-state index contributed by atoms with van der Waals surface area (Å²) in [5, 5.41) is 9.77. The van der Waals surface area contributed by atoms with Gasteiger partial charge in [0, 0.05) is 6.42 Å². The van der Waals surface area contributed by atoms with Gasteiger partial charge < -0.3 is 10.8 Å². The van der Waals surface area contributed by atoms with Gasteiger partial charge in [-0.2, -0.15) is 21.6 Å². The summed E-state index contributed by atoms with van der Waals surface area (Å²) in [5.74, 6) is -3.08. The second-order valence-electron chi connectivity index (χ2n) is 5.63. The van der Waals surface area contributed by atoms with E-state index in [1.165, 1.54) is 0 Å². The average Bonchev–Trinajstić information content (AvgIpc) is 2.46. The zero-order valence-corrected chi connectivity index (χ0v) is 12.7. The maximum absolute atomic E-state index is 12.7. The molecule has 0 aromatic heterocycles. The highest BCUT2D eigenvalue weighted by atomic mass is 32.3. The van der Waals surface area contributed by atoms with Gasteiger partial charge >= 0.3 is 16.6 Å². The predicted octanol–water partition coefficient (Wildman–Crippen LogP) is 0.571. The van der Waals surface area contributed by atoms with Gasteiger partial charge in [-0.3, -0.25) is 4.79 Å². The number of hydrogen-bond acceptors (Lipinski definition) is 7. The lowest BCUT2D eigenvalue weighted by molar-refractivity contribution is -0.248. The standard InChI is InChI=1S/C13H12F3NO6S/c14-13(15,16)8-3-1-7(2-4-8)12(17)10(19)9(18)5-6-11(12)22-24(20,21)23-11/h1-4,9,18H,5-6,17H2. The SMILES string of the molecule is NC1(c2ccc(C(F)(F)F)cc2)C(=O)C(O)CCC12OS(=O)(=O)O2. The van der Waals surface area contributed by atoms with E-state index in [0.29, 0.717) is 12.1 Å². The zero-order chi connectivity index (χ0) is 18.0. The Hall–Kier alpha value is -1.53. The van der Waals surface area contributed by atoms with Crippen molar-refractivity contribution < 1.29 is 39.9 Å². The van der Waals surface area contributed by atoms with Gasteiger partial charge in [0.2, 0.25) is 5.79 Å². The van der Waals surface area contributed by atoms with Crippen molar-refractivity contribution in [1.82, 2.24) is 0 Å². The second-order valence-corrected chi connectivity index (χ2v) is 6.78. The molecule has 0 radical (unpaired) electrons. The first-order chi connectivity index (χ1) is 10.9. The summed E-state index contributed by atoms with van der Waals surface area (Å²) in [6.07, 6.45) is -6.50. The van der Waals surface area contributed by atoms with Crippen LogP contribution in [0.2, 0.25) is 0 Å². The number of rotatable bonds is 1. The van der Waals surface area contributed by atoms with Gasteiger partial charge in [0.15, 0.2) is 11.3 Å². The highest BCUT2D eigenvalue weighted by Gasteiger charge is 2.70. The van der Waals surface area contributed by atoms with E-state index in [9.17, 15) is 31.5 Å². The summed E-state index contributed by atoms with van der Waals surface area (Å²) >= 11 is 0. The first kappa shape index (κ1) is 17.3. The van der Waals surface area contributed by atoms with E-state index in [1.54, 1.807) is 0 Å². The van der Waals surface area contributed by atoms with Crippen molar-refractivity contribution in [2.45, 2.75) is 36.4 Å². The number of ketones is 1. The van der Waals surface area contributed by atoms with E-state index < -0.39 is 45.4 Å². The van der Waals surface area contributed by atoms with E-state index >= 15 is 0 Å². The van der Waals surface area contributed by atoms with Gasteiger partial charge in [-0.25, -0.2) is 8.37 Å². The molecule has 0 bridgehead atoms. The minimum atomic E-state index is -4.60. The summed E-state index contributed by atoms with van der Waals surface area (Å²) in [7, 11) is -4.33. The largest absolute Gasteiger partial charge is 0.416 e. The molecule has 1 aromatic carbocycles. The zero-order valence-electron chi connectivity index (χ0n) is 11.9. The highest BCUT2D eigenvalue weighted by molar-refractivity contribution is 7.82. The lowest BCUT2D eigenvalue weighted by Crippen LogP contribution is -2.74. The first-order valence-electron chi connectivity index (χ1n) is 6.76. The summed E-state index contributed by atoms with van der Waals surface area (Å²) in [6.45, 7) is 0. The minimum absolute atomic E-state index is 0.158. The molecule has 1 saturated carbocycles. The van der Waals surface area contributed by atoms with Gasteiger partial charge in [-0.05, 0) is 24.1 Å². The first-order valence-corrected chi connectivity index (χ1v) is 8.10. The molecule has 24 heavy (non-hydrogen) atoms. The molecule has 2 fully saturated rings. The Morgan fingerprint density at radius 2 is 1.75 bits per heavy atom. The molecule has 132 valence electrons. The smallest absolute Gasteiger partial charge is 0.385 e. The van der Waals surface area contributed by atoms with Crippen molar-refractivity contribution in [3.05, 3.63) is 35.4 Å². The van der Waals surface area contributed by atoms with Crippen LogP contribution in [0.15, 0.2) is 24.3 Å². The number of Topliss-reactive ketones (excluding diaryl/α,β-unsaturated/α-hetero) is 1. The fraction of sp³-hybridized carbons (Fsp3) is 0.462. The Kier molecular flexibility index (Phi) is 3.59. The van der Waals surface area contributed by atoms with E-state index in [2.05, 4.69) is 0 Å². The van der Waals surface area contributed by atoms with Crippen LogP contribution in [0, 0.1) is 0 Å². The van der Waals surface area contributed by atoms with E-state index in [-0.39, 0.29) is 18.4 Å². The second kappa shape index (κ2) is 4.99. The number of carbonyl (C=O) groups excluding carboxylic acids is 1. The molecule has 2 unspecified atom stereocenters. The van der Waals surface area contributed by atoms with Crippen LogP contribution in [0.25, 0.3) is 0 Å². The molecular formula is C13H12F3NO6S. The van der Waals surface area contributed by atoms with Crippen molar-refractivity contribution in [2.24, 2.45) is 5.73 Å². The Labute approximate surface area is 134 Å². The molecule has 3 N–H and O–H groups in total. The maximum atomic E-state index is 12.7. The van der Waals surface area contributed by atoms with Crippen molar-refractivity contribution in [3.8, 4) is 0 Å². The molecule has 2 atom stereocenters. The van der Waals surface area contributed by atoms with Crippen LogP contribution in [0.1, 0.15) is 24.0 Å². The lowest BCUT2D eigenvalue weighted by Gasteiger charge is -2.52. The van der Waals surface area contributed by atoms with Crippen LogP contribution in [0.3, 0.4) is 0 Å². The van der Waals surface area contributed by atoms with Gasteiger partial charge in [-0.1, -0.05) is 12.1 Å². The van der Waals surface area contributed by atoms with Crippen molar-refractivity contribution >= 4 is 16.2 Å². The van der Waals surface area contributed by atoms with Gasteiger partial charge in [0.25, 0.3) is 0 Å². The molecule has 1 aromatic rings. The normalized spacial score (nSPS) is 31.7. The molecule has 0 amide bonds. The minimum Gasteiger partial charge on any atom is -0.385 e. The van der Waals surface area contributed by atoms with Crippen LogP contribution in [0.5, 0.6) is 0 Å². The van der Waals surface area contributed by atoms with Gasteiger partial charge in [0.05, 0.1) is 5.56 Å². The Balaban J connectivity index is 2.08. The van der Waals surface area contributed by atoms with E-state index in [1.807, 2.05) is 0 Å². The molecule has 3 rings (SSSR count). The maximum Gasteiger partial charge on any atom is 0.416 e. The number of benzene rings is 1. The quantitative estimate of drug-likeness (QED) is 0.745. The highest BCUT2D eigenvalue weighted by Crippen LogP contribution is 2.51. The number of nitrogens with two attached hydrogens (primary N) is 1. The molecule has 2 aliphatic rings. The topological polar surface area (TPSA) is 116 Å². The fourth-order valence-corrected chi connectivity index (χ4v) is 4.04. The Morgan fingerprint density at radius 3 is 2.21 bits per heavy atom. The van der Waals surface area contributed by atoms with Crippen LogP contribution < -0.4 is 5.73 Å². The third kappa shape index (κ3) is 2.35. The Morgan fingerprint density at radius 1 is 1.21 bits per heavy atom. The number of halogens is 3. The van der Waals surface area contributed by atoms with Crippen LogP contribution in [0.4, 0.5) is 13.2 Å². The number of hydrogen-bond donors (Lipinski definition) is 2. The van der Waals surface area contributed by atoms with Gasteiger partial charge in [-0.15, -0.1) is 0 Å². The third-order valence-electron chi connectivity index (χ3n) is 4.18. The van der Waals surface area contributed by atoms with E-state index in [4.69, 9.17) is 14.1 Å². The Bertz CT molecular complexity index is 779. The summed E-state index contributed by atoms with van der Waals surface area (Å²) in [5.41, 5.74) is 2.63. The number of carbonyl (C=O) groups is 1. The predicted molar refractivity (Wildman–Crippen MR) is 71.4 cm³/mol. The third-order valence-corrected chi connectivity index (χ3v) is 5.13. The molecule has 1 aliphatic carbocycles. The van der Waals surface area contributed by atoms with Crippen molar-refractivity contribution in [2.75, 3.05) is 0 Å². The summed E-state index contributed by atoms with van der Waals surface area (Å²) < 4.78 is 69.9. The van der Waals surface area contributed by atoms with Crippen molar-refractivity contribution in [1.29, 1.82) is 0 Å². The van der Waals surface area contributed by atoms with Gasteiger partial charge in [0.1, 0.15) is 6.10 Å². The lowest BCUT2D eigenvalue weighted by atomic mass is 9.70. The number of alkyl halides is 3. The molecule has 7 nitrogen and oxygen atoms in total.